The molecule has 0 saturated heterocycles. The van der Waals surface area contributed by atoms with Crippen molar-refractivity contribution in [1.82, 2.24) is 0 Å². The summed E-state index contributed by atoms with van der Waals surface area (Å²) in [6.45, 7) is 0. The van der Waals surface area contributed by atoms with E-state index in [1.807, 2.05) is 36.4 Å². The van der Waals surface area contributed by atoms with Crippen LogP contribution in [0, 0.1) is 0 Å². The first-order valence-electron chi connectivity index (χ1n) is 6.54. The van der Waals surface area contributed by atoms with Crippen molar-refractivity contribution in [3.05, 3.63) is 63.1 Å². The average molecular weight is 385 g/mol. The van der Waals surface area contributed by atoms with Crippen molar-refractivity contribution >= 4 is 50.7 Å². The molecule has 2 nitrogen and oxygen atoms in total. The molecule has 0 aliphatic carbocycles. The summed E-state index contributed by atoms with van der Waals surface area (Å²) in [5.41, 5.74) is 3.84. The maximum atomic E-state index is 11.4. The third-order valence-corrected chi connectivity index (χ3v) is 5.06. The van der Waals surface area contributed by atoms with Crippen LogP contribution >= 0.6 is 39.1 Å². The van der Waals surface area contributed by atoms with Crippen LogP contribution in [-0.4, -0.2) is 5.91 Å². The Morgan fingerprint density at radius 2 is 1.95 bits per heavy atom. The largest absolute Gasteiger partial charge is 0.325 e. The van der Waals surface area contributed by atoms with Gasteiger partial charge in [0.2, 0.25) is 5.91 Å². The Hall–Kier alpha value is -1.03. The van der Waals surface area contributed by atoms with Crippen LogP contribution < -0.4 is 5.32 Å². The van der Waals surface area contributed by atoms with Gasteiger partial charge >= 0.3 is 0 Å². The zero-order valence-electron chi connectivity index (χ0n) is 11.0. The normalized spacial score (nSPS) is 14.7. The third kappa shape index (κ3) is 3.10. The van der Waals surface area contributed by atoms with Gasteiger partial charge in [0, 0.05) is 20.6 Å². The lowest BCUT2D eigenvalue weighted by atomic mass is 10.0. The summed E-state index contributed by atoms with van der Waals surface area (Å²) in [5, 5.41) is 4.19. The highest BCUT2D eigenvalue weighted by molar-refractivity contribution is 9.09. The van der Waals surface area contributed by atoms with E-state index in [1.165, 1.54) is 0 Å². The van der Waals surface area contributed by atoms with Gasteiger partial charge in [-0.05, 0) is 35.2 Å². The lowest BCUT2D eigenvalue weighted by molar-refractivity contribution is -0.115. The molecule has 1 unspecified atom stereocenters. The molecule has 3 rings (SSSR count). The number of hydrogen-bond donors (Lipinski definition) is 1. The van der Waals surface area contributed by atoms with Gasteiger partial charge in [-0.2, -0.15) is 0 Å². The molecule has 1 aliphatic rings. The summed E-state index contributed by atoms with van der Waals surface area (Å²) in [7, 11) is 0. The number of amides is 1. The van der Waals surface area contributed by atoms with Gasteiger partial charge in [0.1, 0.15) is 0 Å². The first kappa shape index (κ1) is 14.9. The van der Waals surface area contributed by atoms with E-state index in [0.717, 1.165) is 33.8 Å². The summed E-state index contributed by atoms with van der Waals surface area (Å²) in [6.07, 6.45) is 1.14. The molecule has 108 valence electrons. The molecule has 1 N–H and O–H groups in total. The van der Waals surface area contributed by atoms with Crippen molar-refractivity contribution in [3.8, 4) is 0 Å². The Labute approximate surface area is 141 Å². The second kappa shape index (κ2) is 5.99. The molecule has 2 aromatic carbocycles. The molecule has 1 aliphatic heterocycles. The van der Waals surface area contributed by atoms with Crippen LogP contribution in [0.4, 0.5) is 5.69 Å². The number of rotatable bonds is 3. The Morgan fingerprint density at radius 3 is 2.71 bits per heavy atom. The Balaban J connectivity index is 1.89. The van der Waals surface area contributed by atoms with Crippen molar-refractivity contribution < 1.29 is 4.79 Å². The lowest BCUT2D eigenvalue weighted by Crippen LogP contribution is -2.03. The van der Waals surface area contributed by atoms with E-state index in [9.17, 15) is 4.79 Å². The molecule has 5 heteroatoms. The standard InChI is InChI=1S/C16H12BrCl2NO/c17-12(6-9-3-1-2-4-13(9)18)11-5-10-7-16(21)20-15(10)8-14(11)19/h1-5,8,12H,6-7H2,(H,20,21). The van der Waals surface area contributed by atoms with Crippen LogP contribution in [0.1, 0.15) is 21.5 Å². The summed E-state index contributed by atoms with van der Waals surface area (Å²) < 4.78 is 0. The fourth-order valence-corrected chi connectivity index (χ4v) is 3.84. The molecule has 0 bridgehead atoms. The van der Waals surface area contributed by atoms with Gasteiger partial charge in [0.15, 0.2) is 0 Å². The lowest BCUT2D eigenvalue weighted by Gasteiger charge is -2.14. The number of carbonyl (C=O) groups excluding carboxylic acids is 1. The zero-order chi connectivity index (χ0) is 15.0. The number of benzene rings is 2. The molecule has 1 amide bonds. The fourth-order valence-electron chi connectivity index (χ4n) is 2.47. The molecule has 0 radical (unpaired) electrons. The van der Waals surface area contributed by atoms with Crippen LogP contribution in [0.2, 0.25) is 10.0 Å². The molecule has 0 spiro atoms. The minimum absolute atomic E-state index is 0.00967. The number of fused-ring (bicyclic) bond motifs is 1. The Kier molecular flexibility index (Phi) is 4.25. The van der Waals surface area contributed by atoms with Gasteiger partial charge < -0.3 is 5.32 Å². The smallest absolute Gasteiger partial charge is 0.228 e. The van der Waals surface area contributed by atoms with Gasteiger partial charge in [-0.15, -0.1) is 0 Å². The molecule has 0 fully saturated rings. The van der Waals surface area contributed by atoms with E-state index in [2.05, 4.69) is 21.2 Å². The second-order valence-corrected chi connectivity index (χ2v) is 6.94. The maximum absolute atomic E-state index is 11.4. The Morgan fingerprint density at radius 1 is 1.19 bits per heavy atom. The molecular weight excluding hydrogens is 373 g/mol. The number of halogens is 3. The van der Waals surface area contributed by atoms with Crippen molar-refractivity contribution in [2.24, 2.45) is 0 Å². The highest BCUT2D eigenvalue weighted by Gasteiger charge is 2.22. The number of hydrogen-bond acceptors (Lipinski definition) is 1. The van der Waals surface area contributed by atoms with Gasteiger partial charge in [-0.3, -0.25) is 4.79 Å². The van der Waals surface area contributed by atoms with Crippen molar-refractivity contribution in [3.63, 3.8) is 0 Å². The molecule has 0 aromatic heterocycles. The zero-order valence-corrected chi connectivity index (χ0v) is 14.1. The third-order valence-electron chi connectivity index (χ3n) is 3.54. The quantitative estimate of drug-likeness (QED) is 0.727. The van der Waals surface area contributed by atoms with Crippen LogP contribution in [0.25, 0.3) is 0 Å². The summed E-state index contributed by atoms with van der Waals surface area (Å²) in [5.74, 6) is 0.00967. The van der Waals surface area contributed by atoms with Gasteiger partial charge in [0.05, 0.1) is 6.42 Å². The van der Waals surface area contributed by atoms with Crippen molar-refractivity contribution in [1.29, 1.82) is 0 Å². The molecule has 1 atom stereocenters. The second-order valence-electron chi connectivity index (χ2n) is 5.02. The Bertz CT molecular complexity index is 717. The monoisotopic (exact) mass is 383 g/mol. The summed E-state index contributed by atoms with van der Waals surface area (Å²) in [6, 6.07) is 11.6. The predicted molar refractivity (Wildman–Crippen MR) is 90.6 cm³/mol. The van der Waals surface area contributed by atoms with Crippen LogP contribution in [0.5, 0.6) is 0 Å². The van der Waals surface area contributed by atoms with E-state index in [0.29, 0.717) is 11.4 Å². The van der Waals surface area contributed by atoms with E-state index in [-0.39, 0.29) is 10.7 Å². The van der Waals surface area contributed by atoms with Gasteiger partial charge in [-0.25, -0.2) is 0 Å². The highest BCUT2D eigenvalue weighted by Crippen LogP contribution is 2.38. The number of nitrogens with one attached hydrogen (secondary N) is 1. The van der Waals surface area contributed by atoms with Crippen LogP contribution in [-0.2, 0) is 17.6 Å². The summed E-state index contributed by atoms with van der Waals surface area (Å²) in [4.78, 5) is 11.5. The fraction of sp³-hybridized carbons (Fsp3) is 0.188. The molecular formula is C16H12BrCl2NO. The number of carbonyl (C=O) groups is 1. The minimum Gasteiger partial charge on any atom is -0.325 e. The molecule has 0 saturated carbocycles. The first-order valence-corrected chi connectivity index (χ1v) is 8.21. The number of anilines is 1. The van der Waals surface area contributed by atoms with Crippen LogP contribution in [0.3, 0.4) is 0 Å². The summed E-state index contributed by atoms with van der Waals surface area (Å²) >= 11 is 16.2. The minimum atomic E-state index is 0.00967. The molecule has 1 heterocycles. The highest BCUT2D eigenvalue weighted by atomic mass is 79.9. The van der Waals surface area contributed by atoms with Crippen molar-refractivity contribution in [2.45, 2.75) is 17.7 Å². The van der Waals surface area contributed by atoms with Gasteiger partial charge in [0.25, 0.3) is 0 Å². The molecule has 21 heavy (non-hydrogen) atoms. The van der Waals surface area contributed by atoms with Gasteiger partial charge in [-0.1, -0.05) is 63.4 Å². The number of alkyl halides is 1. The van der Waals surface area contributed by atoms with E-state index < -0.39 is 0 Å². The van der Waals surface area contributed by atoms with Crippen LogP contribution in [0.15, 0.2) is 36.4 Å². The van der Waals surface area contributed by atoms with E-state index in [4.69, 9.17) is 23.2 Å². The average Bonchev–Trinajstić information content (AvgIpc) is 2.79. The van der Waals surface area contributed by atoms with E-state index in [1.54, 1.807) is 0 Å². The van der Waals surface area contributed by atoms with Crippen molar-refractivity contribution in [2.75, 3.05) is 5.32 Å². The predicted octanol–water partition coefficient (Wildman–Crippen LogP) is 5.17. The first-order chi connectivity index (χ1) is 10.0. The topological polar surface area (TPSA) is 29.1 Å². The van der Waals surface area contributed by atoms with E-state index >= 15 is 0 Å². The molecule has 2 aromatic rings. The SMILES string of the molecule is O=C1Cc2cc(C(Br)Cc3ccccc3Cl)c(Cl)cc2N1. The maximum Gasteiger partial charge on any atom is 0.228 e.